The van der Waals surface area contributed by atoms with Gasteiger partial charge in [0.25, 0.3) is 0 Å². The van der Waals surface area contributed by atoms with E-state index in [1.54, 1.807) is 0 Å². The van der Waals surface area contributed by atoms with E-state index in [1.807, 2.05) is 0 Å². The van der Waals surface area contributed by atoms with E-state index in [9.17, 15) is 0 Å². The Morgan fingerprint density at radius 3 is 2.44 bits per heavy atom. The van der Waals surface area contributed by atoms with Crippen molar-refractivity contribution in [3.05, 3.63) is 0 Å². The second kappa shape index (κ2) is 6.61. The molecule has 3 unspecified atom stereocenters. The second-order valence-corrected chi connectivity index (χ2v) is 5.48. The van der Waals surface area contributed by atoms with Crippen LogP contribution in [0.3, 0.4) is 0 Å². The molecule has 1 saturated carbocycles. The summed E-state index contributed by atoms with van der Waals surface area (Å²) in [4.78, 5) is 0. The average molecular weight is 227 g/mol. The first-order valence-electron chi connectivity index (χ1n) is 7.02. The molecule has 0 amide bonds. The van der Waals surface area contributed by atoms with Crippen LogP contribution < -0.4 is 5.73 Å². The van der Waals surface area contributed by atoms with Crippen LogP contribution in [-0.2, 0) is 4.74 Å². The van der Waals surface area contributed by atoms with Gasteiger partial charge < -0.3 is 10.5 Å². The minimum absolute atomic E-state index is 0.240. The van der Waals surface area contributed by atoms with Gasteiger partial charge in [0, 0.05) is 18.1 Å². The van der Waals surface area contributed by atoms with E-state index in [1.165, 1.54) is 32.1 Å². The van der Waals surface area contributed by atoms with Gasteiger partial charge in [-0.05, 0) is 19.3 Å². The lowest BCUT2D eigenvalue weighted by molar-refractivity contribution is -0.119. The van der Waals surface area contributed by atoms with Gasteiger partial charge in [-0.3, -0.25) is 0 Å². The summed E-state index contributed by atoms with van der Waals surface area (Å²) in [6, 6.07) is 0.350. The maximum atomic E-state index is 6.05. The van der Waals surface area contributed by atoms with Gasteiger partial charge >= 0.3 is 0 Å². The van der Waals surface area contributed by atoms with Gasteiger partial charge in [0.2, 0.25) is 0 Å². The maximum Gasteiger partial charge on any atom is 0.0658 e. The molecule has 0 saturated heterocycles. The molecule has 1 rings (SSSR count). The lowest BCUT2D eigenvalue weighted by atomic mass is 9.62. The Kier molecular flexibility index (Phi) is 5.77. The van der Waals surface area contributed by atoms with Crippen molar-refractivity contribution in [2.75, 3.05) is 6.61 Å². The molecule has 3 atom stereocenters. The molecule has 2 N–H and O–H groups in total. The molecule has 0 aromatic rings. The number of hydrogen-bond acceptors (Lipinski definition) is 2. The van der Waals surface area contributed by atoms with Gasteiger partial charge in [-0.1, -0.05) is 46.5 Å². The Bertz CT molecular complexity index is 195. The van der Waals surface area contributed by atoms with Crippen LogP contribution >= 0.6 is 0 Å². The highest BCUT2D eigenvalue weighted by Gasteiger charge is 2.48. The summed E-state index contributed by atoms with van der Waals surface area (Å²) in [6.07, 6.45) is 9.16. The maximum absolute atomic E-state index is 6.05. The number of unbranched alkanes of at least 4 members (excludes halogenated alkanes) is 4. The van der Waals surface area contributed by atoms with Crippen LogP contribution in [0.5, 0.6) is 0 Å². The highest BCUT2D eigenvalue weighted by molar-refractivity contribution is 5.02. The van der Waals surface area contributed by atoms with Gasteiger partial charge in [0.1, 0.15) is 0 Å². The molecule has 0 radical (unpaired) electrons. The standard InChI is InChI=1S/C14H29NO/c1-4-6-7-8-9-10-16-13-11-12(15)14(13,3)5-2/h12-13H,4-11,15H2,1-3H3. The molecule has 16 heavy (non-hydrogen) atoms. The predicted octanol–water partition coefficient (Wildman–Crippen LogP) is 3.49. The van der Waals surface area contributed by atoms with Gasteiger partial charge in [-0.2, -0.15) is 0 Å². The van der Waals surface area contributed by atoms with Crippen molar-refractivity contribution in [3.63, 3.8) is 0 Å². The SMILES string of the molecule is CCCCCCCOC1CC(N)C1(C)CC. The fraction of sp³-hybridized carbons (Fsp3) is 1.00. The molecule has 0 aliphatic heterocycles. The molecule has 0 aromatic carbocycles. The predicted molar refractivity (Wildman–Crippen MR) is 69.5 cm³/mol. The van der Waals surface area contributed by atoms with Crippen molar-refractivity contribution in [3.8, 4) is 0 Å². The number of rotatable bonds is 8. The first-order chi connectivity index (χ1) is 7.65. The minimum Gasteiger partial charge on any atom is -0.378 e. The zero-order valence-corrected chi connectivity index (χ0v) is 11.3. The monoisotopic (exact) mass is 227 g/mol. The van der Waals surface area contributed by atoms with Crippen LogP contribution in [0.4, 0.5) is 0 Å². The van der Waals surface area contributed by atoms with Crippen molar-refractivity contribution in [1.82, 2.24) is 0 Å². The third-order valence-corrected chi connectivity index (χ3v) is 4.38. The minimum atomic E-state index is 0.240. The largest absolute Gasteiger partial charge is 0.378 e. The summed E-state index contributed by atoms with van der Waals surface area (Å²) in [5, 5.41) is 0. The first-order valence-corrected chi connectivity index (χ1v) is 7.02. The van der Waals surface area contributed by atoms with E-state index >= 15 is 0 Å². The van der Waals surface area contributed by atoms with Crippen LogP contribution in [0, 0.1) is 5.41 Å². The van der Waals surface area contributed by atoms with Gasteiger partial charge in [0.15, 0.2) is 0 Å². The number of hydrogen-bond donors (Lipinski definition) is 1. The molecule has 2 nitrogen and oxygen atoms in total. The van der Waals surface area contributed by atoms with E-state index in [-0.39, 0.29) is 5.41 Å². The normalized spacial score (nSPS) is 33.8. The topological polar surface area (TPSA) is 35.2 Å². The lowest BCUT2D eigenvalue weighted by Gasteiger charge is -2.51. The van der Waals surface area contributed by atoms with E-state index in [0.717, 1.165) is 19.4 Å². The molecule has 0 spiro atoms. The lowest BCUT2D eigenvalue weighted by Crippen LogP contribution is -2.60. The molecule has 2 heteroatoms. The summed E-state index contributed by atoms with van der Waals surface area (Å²) >= 11 is 0. The van der Waals surface area contributed by atoms with Crippen molar-refractivity contribution < 1.29 is 4.74 Å². The molecule has 1 fully saturated rings. The first kappa shape index (κ1) is 14.0. The third-order valence-electron chi connectivity index (χ3n) is 4.38. The number of nitrogens with two attached hydrogens (primary N) is 1. The Hall–Kier alpha value is -0.0800. The van der Waals surface area contributed by atoms with Crippen molar-refractivity contribution >= 4 is 0 Å². The molecule has 96 valence electrons. The fourth-order valence-corrected chi connectivity index (χ4v) is 2.53. The van der Waals surface area contributed by atoms with Crippen molar-refractivity contribution in [2.24, 2.45) is 11.1 Å². The summed E-state index contributed by atoms with van der Waals surface area (Å²) in [5.74, 6) is 0. The molecule has 1 aliphatic carbocycles. The Balaban J connectivity index is 2.06. The smallest absolute Gasteiger partial charge is 0.0658 e. The highest BCUT2D eigenvalue weighted by atomic mass is 16.5. The molecule has 0 aromatic heterocycles. The summed E-state index contributed by atoms with van der Waals surface area (Å²) in [7, 11) is 0. The van der Waals surface area contributed by atoms with Crippen LogP contribution in [0.2, 0.25) is 0 Å². The van der Waals surface area contributed by atoms with E-state index in [0.29, 0.717) is 12.1 Å². The molecular weight excluding hydrogens is 198 g/mol. The molecular formula is C14H29NO. The van der Waals surface area contributed by atoms with Gasteiger partial charge in [0.05, 0.1) is 6.10 Å². The van der Waals surface area contributed by atoms with Crippen LogP contribution in [0.1, 0.15) is 65.7 Å². The van der Waals surface area contributed by atoms with E-state index in [4.69, 9.17) is 10.5 Å². The Morgan fingerprint density at radius 2 is 1.88 bits per heavy atom. The van der Waals surface area contributed by atoms with Crippen molar-refractivity contribution in [1.29, 1.82) is 0 Å². The second-order valence-electron chi connectivity index (χ2n) is 5.48. The van der Waals surface area contributed by atoms with E-state index < -0.39 is 0 Å². The average Bonchev–Trinajstić information content (AvgIpc) is 2.31. The summed E-state index contributed by atoms with van der Waals surface area (Å²) in [5.41, 5.74) is 6.29. The number of ether oxygens (including phenoxy) is 1. The molecule has 0 bridgehead atoms. The van der Waals surface area contributed by atoms with Gasteiger partial charge in [-0.25, -0.2) is 0 Å². The van der Waals surface area contributed by atoms with E-state index in [2.05, 4.69) is 20.8 Å². The fourth-order valence-electron chi connectivity index (χ4n) is 2.53. The van der Waals surface area contributed by atoms with Crippen LogP contribution in [0.15, 0.2) is 0 Å². The zero-order chi connectivity index (χ0) is 12.0. The molecule has 1 aliphatic rings. The summed E-state index contributed by atoms with van der Waals surface area (Å²) in [6.45, 7) is 7.66. The Labute approximate surface area is 101 Å². The zero-order valence-electron chi connectivity index (χ0n) is 11.3. The quantitative estimate of drug-likeness (QED) is 0.644. The highest BCUT2D eigenvalue weighted by Crippen LogP contribution is 2.44. The van der Waals surface area contributed by atoms with Crippen LogP contribution in [-0.4, -0.2) is 18.8 Å². The van der Waals surface area contributed by atoms with Gasteiger partial charge in [-0.15, -0.1) is 0 Å². The van der Waals surface area contributed by atoms with Crippen LogP contribution in [0.25, 0.3) is 0 Å². The molecule has 0 heterocycles. The Morgan fingerprint density at radius 1 is 1.19 bits per heavy atom. The van der Waals surface area contributed by atoms with Crippen molar-refractivity contribution in [2.45, 2.75) is 77.9 Å². The third kappa shape index (κ3) is 3.21. The summed E-state index contributed by atoms with van der Waals surface area (Å²) < 4.78 is 5.96.